The second-order valence-corrected chi connectivity index (χ2v) is 7.32. The Morgan fingerprint density at radius 3 is 2.45 bits per heavy atom. The fourth-order valence-electron chi connectivity index (χ4n) is 3.08. The summed E-state index contributed by atoms with van der Waals surface area (Å²) in [5, 5.41) is 0. The zero-order valence-electron chi connectivity index (χ0n) is 12.9. The number of carbonyl (C=O) groups excluding carboxylic acids is 2. The zero-order valence-corrected chi connectivity index (χ0v) is 12.9. The van der Waals surface area contributed by atoms with Gasteiger partial charge in [-0.1, -0.05) is 20.8 Å². The molecule has 2 heterocycles. The third-order valence-electron chi connectivity index (χ3n) is 4.08. The SMILES string of the molecule is CC(C)(C)CC(=O)N1CCCC1C(=O)N1CC[C@@H](N)C1. The first-order valence-corrected chi connectivity index (χ1v) is 7.62. The molecule has 2 rings (SSSR count). The highest BCUT2D eigenvalue weighted by atomic mass is 16.2. The summed E-state index contributed by atoms with van der Waals surface area (Å²) in [6.07, 6.45) is 3.08. The van der Waals surface area contributed by atoms with E-state index in [-0.39, 0.29) is 29.3 Å². The van der Waals surface area contributed by atoms with Crippen molar-refractivity contribution >= 4 is 11.8 Å². The van der Waals surface area contributed by atoms with Gasteiger partial charge in [-0.05, 0) is 24.7 Å². The average Bonchev–Trinajstić information content (AvgIpc) is 2.93. The van der Waals surface area contributed by atoms with Crippen molar-refractivity contribution in [2.45, 2.75) is 58.5 Å². The molecular formula is C15H27N3O2. The maximum absolute atomic E-state index is 12.6. The van der Waals surface area contributed by atoms with Gasteiger partial charge in [-0.15, -0.1) is 0 Å². The molecular weight excluding hydrogens is 254 g/mol. The summed E-state index contributed by atoms with van der Waals surface area (Å²) in [6.45, 7) is 8.24. The molecule has 2 atom stereocenters. The number of carbonyl (C=O) groups is 2. The Morgan fingerprint density at radius 1 is 1.20 bits per heavy atom. The normalized spacial score (nSPS) is 27.2. The molecule has 2 saturated heterocycles. The molecule has 5 heteroatoms. The number of nitrogens with zero attached hydrogens (tertiary/aromatic N) is 2. The van der Waals surface area contributed by atoms with Gasteiger partial charge in [0.15, 0.2) is 0 Å². The van der Waals surface area contributed by atoms with Crippen molar-refractivity contribution in [3.8, 4) is 0 Å². The Morgan fingerprint density at radius 2 is 1.90 bits per heavy atom. The van der Waals surface area contributed by atoms with Crippen LogP contribution in [-0.2, 0) is 9.59 Å². The Balaban J connectivity index is 2.00. The molecule has 0 saturated carbocycles. The monoisotopic (exact) mass is 281 g/mol. The third-order valence-corrected chi connectivity index (χ3v) is 4.08. The van der Waals surface area contributed by atoms with Gasteiger partial charge in [-0.3, -0.25) is 9.59 Å². The van der Waals surface area contributed by atoms with E-state index in [0.29, 0.717) is 19.5 Å². The number of rotatable bonds is 2. The lowest BCUT2D eigenvalue weighted by Crippen LogP contribution is -2.48. The molecule has 2 N–H and O–H groups in total. The molecule has 0 aromatic carbocycles. The van der Waals surface area contributed by atoms with Crippen LogP contribution in [0.1, 0.15) is 46.5 Å². The molecule has 0 bridgehead atoms. The van der Waals surface area contributed by atoms with Gasteiger partial charge in [0, 0.05) is 32.1 Å². The number of hydrogen-bond acceptors (Lipinski definition) is 3. The highest BCUT2D eigenvalue weighted by Gasteiger charge is 2.38. The number of hydrogen-bond donors (Lipinski definition) is 1. The third kappa shape index (κ3) is 3.51. The largest absolute Gasteiger partial charge is 0.339 e. The predicted molar refractivity (Wildman–Crippen MR) is 78.0 cm³/mol. The molecule has 2 fully saturated rings. The van der Waals surface area contributed by atoms with E-state index < -0.39 is 0 Å². The van der Waals surface area contributed by atoms with Crippen LogP contribution in [0.5, 0.6) is 0 Å². The van der Waals surface area contributed by atoms with Crippen molar-refractivity contribution in [3.05, 3.63) is 0 Å². The van der Waals surface area contributed by atoms with Crippen LogP contribution in [0.3, 0.4) is 0 Å². The molecule has 0 aromatic rings. The molecule has 0 aromatic heterocycles. The second-order valence-electron chi connectivity index (χ2n) is 7.32. The summed E-state index contributed by atoms with van der Waals surface area (Å²) >= 11 is 0. The van der Waals surface area contributed by atoms with Gasteiger partial charge in [0.25, 0.3) is 0 Å². The molecule has 2 aliphatic rings. The van der Waals surface area contributed by atoms with Gasteiger partial charge in [0.1, 0.15) is 6.04 Å². The van der Waals surface area contributed by atoms with Crippen LogP contribution >= 0.6 is 0 Å². The Hall–Kier alpha value is -1.10. The zero-order chi connectivity index (χ0) is 14.9. The van der Waals surface area contributed by atoms with Crippen LogP contribution in [0.4, 0.5) is 0 Å². The molecule has 0 aliphatic carbocycles. The van der Waals surface area contributed by atoms with Gasteiger partial charge in [0.2, 0.25) is 11.8 Å². The van der Waals surface area contributed by atoms with Gasteiger partial charge in [-0.25, -0.2) is 0 Å². The van der Waals surface area contributed by atoms with E-state index in [1.54, 1.807) is 4.90 Å². The maximum Gasteiger partial charge on any atom is 0.245 e. The lowest BCUT2D eigenvalue weighted by atomic mass is 9.91. The standard InChI is InChI=1S/C15H27N3O2/c1-15(2,3)9-13(19)18-7-4-5-12(18)14(20)17-8-6-11(16)10-17/h11-12H,4-10,16H2,1-3H3/t11-,12?/m1/s1. The van der Waals surface area contributed by atoms with E-state index in [2.05, 4.69) is 20.8 Å². The van der Waals surface area contributed by atoms with Crippen molar-refractivity contribution in [2.24, 2.45) is 11.1 Å². The Labute approximate surface area is 121 Å². The quantitative estimate of drug-likeness (QED) is 0.820. The first kappa shape index (κ1) is 15.3. The Bertz CT molecular complexity index is 389. The number of amides is 2. The smallest absolute Gasteiger partial charge is 0.245 e. The van der Waals surface area contributed by atoms with E-state index in [1.165, 1.54) is 0 Å². The molecule has 5 nitrogen and oxygen atoms in total. The topological polar surface area (TPSA) is 66.6 Å². The van der Waals surface area contributed by atoms with E-state index in [0.717, 1.165) is 25.8 Å². The van der Waals surface area contributed by atoms with Gasteiger partial charge in [0.05, 0.1) is 0 Å². The minimum absolute atomic E-state index is 0.0384. The van der Waals surface area contributed by atoms with Crippen LogP contribution in [0.2, 0.25) is 0 Å². The van der Waals surface area contributed by atoms with Crippen molar-refractivity contribution in [1.29, 1.82) is 0 Å². The minimum atomic E-state index is -0.254. The summed E-state index contributed by atoms with van der Waals surface area (Å²) in [5.41, 5.74) is 5.83. The van der Waals surface area contributed by atoms with Crippen LogP contribution in [0.15, 0.2) is 0 Å². The second kappa shape index (κ2) is 5.72. The lowest BCUT2D eigenvalue weighted by Gasteiger charge is -2.30. The molecule has 2 amide bonds. The molecule has 0 radical (unpaired) electrons. The molecule has 0 spiro atoms. The van der Waals surface area contributed by atoms with Crippen molar-refractivity contribution < 1.29 is 9.59 Å². The fraction of sp³-hybridized carbons (Fsp3) is 0.867. The predicted octanol–water partition coefficient (Wildman–Crippen LogP) is 0.973. The molecule has 1 unspecified atom stereocenters. The summed E-state index contributed by atoms with van der Waals surface area (Å²) in [4.78, 5) is 28.6. The van der Waals surface area contributed by atoms with Gasteiger partial charge in [-0.2, -0.15) is 0 Å². The number of likely N-dealkylation sites (tertiary alicyclic amines) is 2. The van der Waals surface area contributed by atoms with Crippen molar-refractivity contribution in [3.63, 3.8) is 0 Å². The molecule has 2 aliphatic heterocycles. The summed E-state index contributed by atoms with van der Waals surface area (Å²) in [5.74, 6) is 0.203. The Kier molecular flexibility index (Phi) is 4.37. The van der Waals surface area contributed by atoms with Gasteiger partial charge >= 0.3 is 0 Å². The van der Waals surface area contributed by atoms with E-state index in [1.807, 2.05) is 4.90 Å². The van der Waals surface area contributed by atoms with Gasteiger partial charge < -0.3 is 15.5 Å². The van der Waals surface area contributed by atoms with Crippen LogP contribution in [0.25, 0.3) is 0 Å². The van der Waals surface area contributed by atoms with Crippen LogP contribution in [-0.4, -0.2) is 53.3 Å². The van der Waals surface area contributed by atoms with Crippen molar-refractivity contribution in [1.82, 2.24) is 9.80 Å². The minimum Gasteiger partial charge on any atom is -0.339 e. The molecule has 20 heavy (non-hydrogen) atoms. The lowest BCUT2D eigenvalue weighted by molar-refractivity contribution is -0.144. The summed E-state index contributed by atoms with van der Waals surface area (Å²) in [7, 11) is 0. The van der Waals surface area contributed by atoms with E-state index >= 15 is 0 Å². The maximum atomic E-state index is 12.6. The molecule has 114 valence electrons. The highest BCUT2D eigenvalue weighted by Crippen LogP contribution is 2.26. The number of nitrogens with two attached hydrogens (primary N) is 1. The van der Waals surface area contributed by atoms with E-state index in [9.17, 15) is 9.59 Å². The summed E-state index contributed by atoms with van der Waals surface area (Å²) in [6, 6.07) is -0.158. The fourth-order valence-corrected chi connectivity index (χ4v) is 3.08. The first-order chi connectivity index (χ1) is 9.28. The van der Waals surface area contributed by atoms with Crippen LogP contribution < -0.4 is 5.73 Å². The first-order valence-electron chi connectivity index (χ1n) is 7.62. The van der Waals surface area contributed by atoms with Crippen molar-refractivity contribution in [2.75, 3.05) is 19.6 Å². The van der Waals surface area contributed by atoms with E-state index in [4.69, 9.17) is 5.73 Å². The highest BCUT2D eigenvalue weighted by molar-refractivity contribution is 5.88. The average molecular weight is 281 g/mol. The summed E-state index contributed by atoms with van der Waals surface area (Å²) < 4.78 is 0. The van der Waals surface area contributed by atoms with Crippen LogP contribution in [0, 0.1) is 5.41 Å².